The Balaban J connectivity index is 1.77. The van der Waals surface area contributed by atoms with Crippen LogP contribution in [0.5, 0.6) is 0 Å². The number of aliphatic imine (C=N–C) groups is 1. The molecule has 1 saturated heterocycles. The van der Waals surface area contributed by atoms with Crippen molar-refractivity contribution in [1.29, 1.82) is 0 Å². The molecule has 0 spiro atoms. The Kier molecular flexibility index (Phi) is 5.10. The Bertz CT molecular complexity index is 679. The number of anilines is 1. The molecule has 2 aromatic carbocycles. The van der Waals surface area contributed by atoms with Gasteiger partial charge < -0.3 is 9.64 Å². The Hall–Kier alpha value is -1.40. The van der Waals surface area contributed by atoms with Crippen LogP contribution in [0.3, 0.4) is 0 Å². The average molecular weight is 406 g/mol. The molecule has 3 nitrogen and oxygen atoms in total. The van der Waals surface area contributed by atoms with Crippen LogP contribution >= 0.6 is 22.6 Å². The van der Waals surface area contributed by atoms with Gasteiger partial charge >= 0.3 is 0 Å². The van der Waals surface area contributed by atoms with E-state index >= 15 is 0 Å². The summed E-state index contributed by atoms with van der Waals surface area (Å²) in [6, 6.07) is 14.8. The van der Waals surface area contributed by atoms with Crippen LogP contribution in [-0.2, 0) is 4.74 Å². The standard InChI is InChI=1S/C18H19IN2O/c1-14-11-18(21-7-9-22-10-8-21)6-5-15(14)13-20-17-4-2-3-16(19)12-17/h2-6,11-13H,7-10H2,1H3. The summed E-state index contributed by atoms with van der Waals surface area (Å²) in [6.07, 6.45) is 1.95. The van der Waals surface area contributed by atoms with Gasteiger partial charge in [-0.15, -0.1) is 0 Å². The lowest BCUT2D eigenvalue weighted by atomic mass is 10.1. The van der Waals surface area contributed by atoms with E-state index in [4.69, 9.17) is 4.74 Å². The number of hydrogen-bond donors (Lipinski definition) is 0. The molecule has 1 fully saturated rings. The molecule has 2 aromatic rings. The van der Waals surface area contributed by atoms with Crippen molar-refractivity contribution in [3.63, 3.8) is 0 Å². The molecule has 0 atom stereocenters. The largest absolute Gasteiger partial charge is 0.378 e. The van der Waals surface area contributed by atoms with Gasteiger partial charge in [-0.3, -0.25) is 4.99 Å². The Morgan fingerprint density at radius 2 is 1.95 bits per heavy atom. The molecule has 114 valence electrons. The lowest BCUT2D eigenvalue weighted by Gasteiger charge is -2.29. The van der Waals surface area contributed by atoms with Crippen molar-refractivity contribution in [1.82, 2.24) is 0 Å². The van der Waals surface area contributed by atoms with Crippen molar-refractivity contribution in [2.24, 2.45) is 4.99 Å². The van der Waals surface area contributed by atoms with Crippen LogP contribution in [-0.4, -0.2) is 32.5 Å². The van der Waals surface area contributed by atoms with Crippen LogP contribution in [0.2, 0.25) is 0 Å². The highest BCUT2D eigenvalue weighted by Gasteiger charge is 2.11. The third kappa shape index (κ3) is 3.87. The average Bonchev–Trinajstić information content (AvgIpc) is 2.54. The van der Waals surface area contributed by atoms with Crippen LogP contribution in [0.15, 0.2) is 47.5 Å². The third-order valence-electron chi connectivity index (χ3n) is 3.79. The molecule has 1 heterocycles. The van der Waals surface area contributed by atoms with Gasteiger partial charge in [0.15, 0.2) is 0 Å². The van der Waals surface area contributed by atoms with Gasteiger partial charge in [-0.2, -0.15) is 0 Å². The van der Waals surface area contributed by atoms with Gasteiger partial charge in [0.2, 0.25) is 0 Å². The second-order valence-electron chi connectivity index (χ2n) is 5.38. The maximum Gasteiger partial charge on any atom is 0.0642 e. The summed E-state index contributed by atoms with van der Waals surface area (Å²) in [6.45, 7) is 5.70. The molecule has 0 unspecified atom stereocenters. The summed E-state index contributed by atoms with van der Waals surface area (Å²) in [5, 5.41) is 0. The molecule has 0 radical (unpaired) electrons. The first-order valence-corrected chi connectivity index (χ1v) is 8.53. The minimum absolute atomic E-state index is 0.814. The first-order chi connectivity index (χ1) is 10.7. The zero-order chi connectivity index (χ0) is 15.4. The molecular weight excluding hydrogens is 387 g/mol. The van der Waals surface area contributed by atoms with Crippen LogP contribution in [0.25, 0.3) is 0 Å². The Morgan fingerprint density at radius 3 is 2.68 bits per heavy atom. The summed E-state index contributed by atoms with van der Waals surface area (Å²) in [5.41, 5.74) is 4.67. The number of nitrogens with zero attached hydrogens (tertiary/aromatic N) is 2. The number of morpholine rings is 1. The minimum Gasteiger partial charge on any atom is -0.378 e. The fourth-order valence-corrected chi connectivity index (χ4v) is 3.05. The van der Waals surface area contributed by atoms with Gasteiger partial charge in [-0.25, -0.2) is 0 Å². The van der Waals surface area contributed by atoms with Gasteiger partial charge in [0.05, 0.1) is 18.9 Å². The molecular formula is C18H19IN2O. The number of aryl methyl sites for hydroxylation is 1. The van der Waals surface area contributed by atoms with Crippen LogP contribution in [0.1, 0.15) is 11.1 Å². The fourth-order valence-electron chi connectivity index (χ4n) is 2.52. The van der Waals surface area contributed by atoms with Crippen molar-refractivity contribution in [3.8, 4) is 0 Å². The molecule has 1 aliphatic rings. The predicted molar refractivity (Wildman–Crippen MR) is 101 cm³/mol. The highest BCUT2D eigenvalue weighted by atomic mass is 127. The summed E-state index contributed by atoms with van der Waals surface area (Å²) in [4.78, 5) is 6.95. The van der Waals surface area contributed by atoms with E-state index in [1.54, 1.807) is 0 Å². The van der Waals surface area contributed by atoms with E-state index in [-0.39, 0.29) is 0 Å². The number of benzene rings is 2. The molecule has 1 aliphatic heterocycles. The predicted octanol–water partition coefficient (Wildman–Crippen LogP) is 4.19. The van der Waals surface area contributed by atoms with Gasteiger partial charge in [-0.05, 0) is 71.0 Å². The van der Waals surface area contributed by atoms with Gasteiger partial charge in [-0.1, -0.05) is 12.1 Å². The first kappa shape index (κ1) is 15.5. The maximum atomic E-state index is 5.41. The van der Waals surface area contributed by atoms with Crippen molar-refractivity contribution < 1.29 is 4.74 Å². The minimum atomic E-state index is 0.814. The second kappa shape index (κ2) is 7.24. The highest BCUT2D eigenvalue weighted by Crippen LogP contribution is 2.21. The van der Waals surface area contributed by atoms with E-state index in [0.717, 1.165) is 37.6 Å². The summed E-state index contributed by atoms with van der Waals surface area (Å²) < 4.78 is 6.61. The van der Waals surface area contributed by atoms with Gasteiger partial charge in [0.1, 0.15) is 0 Å². The van der Waals surface area contributed by atoms with Crippen molar-refractivity contribution in [2.75, 3.05) is 31.2 Å². The molecule has 4 heteroatoms. The highest BCUT2D eigenvalue weighted by molar-refractivity contribution is 14.1. The van der Waals surface area contributed by atoms with E-state index in [9.17, 15) is 0 Å². The number of halogens is 1. The van der Waals surface area contributed by atoms with Gasteiger partial charge in [0.25, 0.3) is 0 Å². The van der Waals surface area contributed by atoms with Crippen LogP contribution in [0.4, 0.5) is 11.4 Å². The zero-order valence-corrected chi connectivity index (χ0v) is 14.8. The smallest absolute Gasteiger partial charge is 0.0642 e. The number of ether oxygens (including phenoxy) is 1. The van der Waals surface area contributed by atoms with Crippen molar-refractivity contribution in [2.45, 2.75) is 6.92 Å². The molecule has 0 aliphatic carbocycles. The molecule has 0 N–H and O–H groups in total. The molecule has 0 saturated carbocycles. The lowest BCUT2D eigenvalue weighted by Crippen LogP contribution is -2.36. The van der Waals surface area contributed by atoms with Crippen molar-refractivity contribution in [3.05, 3.63) is 57.2 Å². The normalized spacial score (nSPS) is 15.5. The molecule has 0 aromatic heterocycles. The van der Waals surface area contributed by atoms with Gasteiger partial charge in [0, 0.05) is 28.6 Å². The second-order valence-corrected chi connectivity index (χ2v) is 6.62. The molecule has 22 heavy (non-hydrogen) atoms. The fraction of sp³-hybridized carbons (Fsp3) is 0.278. The topological polar surface area (TPSA) is 24.8 Å². The monoisotopic (exact) mass is 406 g/mol. The van der Waals surface area contributed by atoms with Crippen molar-refractivity contribution >= 4 is 40.2 Å². The SMILES string of the molecule is Cc1cc(N2CCOCC2)ccc1C=Nc1cccc(I)c1. The first-order valence-electron chi connectivity index (χ1n) is 7.45. The summed E-state index contributed by atoms with van der Waals surface area (Å²) in [5.74, 6) is 0. The Morgan fingerprint density at radius 1 is 1.14 bits per heavy atom. The van der Waals surface area contributed by atoms with Crippen LogP contribution in [0, 0.1) is 10.5 Å². The van der Waals surface area contributed by atoms with E-state index in [1.807, 2.05) is 18.3 Å². The van der Waals surface area contributed by atoms with E-state index < -0.39 is 0 Å². The van der Waals surface area contributed by atoms with Crippen LogP contribution < -0.4 is 4.90 Å². The number of hydrogen-bond acceptors (Lipinski definition) is 3. The molecule has 0 bridgehead atoms. The van der Waals surface area contributed by atoms with E-state index in [0.29, 0.717) is 0 Å². The molecule has 3 rings (SSSR count). The zero-order valence-electron chi connectivity index (χ0n) is 12.6. The summed E-state index contributed by atoms with van der Waals surface area (Å²) >= 11 is 2.31. The number of rotatable bonds is 3. The maximum absolute atomic E-state index is 5.41. The van der Waals surface area contributed by atoms with E-state index in [2.05, 4.69) is 69.7 Å². The quantitative estimate of drug-likeness (QED) is 0.564. The third-order valence-corrected chi connectivity index (χ3v) is 4.46. The summed E-state index contributed by atoms with van der Waals surface area (Å²) in [7, 11) is 0. The molecule has 0 amide bonds. The Labute approximate surface area is 145 Å². The van der Waals surface area contributed by atoms with E-state index in [1.165, 1.54) is 14.8 Å². The lowest BCUT2D eigenvalue weighted by molar-refractivity contribution is 0.122.